The van der Waals surface area contributed by atoms with Crippen molar-refractivity contribution >= 4 is 11.9 Å². The molecule has 15 heavy (non-hydrogen) atoms. The van der Waals surface area contributed by atoms with Gasteiger partial charge >= 0.3 is 0 Å². The Bertz CT molecular complexity index is 345. The van der Waals surface area contributed by atoms with E-state index >= 15 is 0 Å². The number of nitrogens with one attached hydrogen (secondary N) is 1. The van der Waals surface area contributed by atoms with Gasteiger partial charge in [-0.1, -0.05) is 12.2 Å². The lowest BCUT2D eigenvalue weighted by atomic mass is 10.1. The minimum absolute atomic E-state index is 0.504. The molecule has 1 atom stereocenters. The lowest BCUT2D eigenvalue weighted by Gasteiger charge is -2.05. The van der Waals surface area contributed by atoms with Gasteiger partial charge in [0.1, 0.15) is 5.82 Å². The molecule has 1 aromatic heterocycles. The van der Waals surface area contributed by atoms with Crippen LogP contribution < -0.4 is 11.1 Å². The molecular weight excluding hydrogens is 186 g/mol. The fourth-order valence-electron chi connectivity index (χ4n) is 1.22. The van der Waals surface area contributed by atoms with E-state index in [9.17, 15) is 0 Å². The molecule has 0 aliphatic rings. The summed E-state index contributed by atoms with van der Waals surface area (Å²) in [6.45, 7) is 4.12. The first-order valence-electron chi connectivity index (χ1n) is 5.19. The zero-order chi connectivity index (χ0) is 11.3. The summed E-state index contributed by atoms with van der Waals surface area (Å²) >= 11 is 0. The monoisotopic (exact) mass is 205 g/mol. The van der Waals surface area contributed by atoms with Crippen LogP contribution in [-0.2, 0) is 0 Å². The van der Waals surface area contributed by atoms with Crippen LogP contribution in [-0.4, -0.2) is 18.1 Å². The second-order valence-electron chi connectivity index (χ2n) is 3.80. The fourth-order valence-corrected chi connectivity index (χ4v) is 1.22. The Morgan fingerprint density at radius 2 is 2.33 bits per heavy atom. The lowest BCUT2D eigenvalue weighted by molar-refractivity contribution is 0.621. The van der Waals surface area contributed by atoms with Crippen LogP contribution in [0.3, 0.4) is 0 Å². The van der Waals surface area contributed by atoms with Crippen LogP contribution in [0.15, 0.2) is 18.3 Å². The average Bonchev–Trinajstić information content (AvgIpc) is 2.23. The first kappa shape index (κ1) is 11.7. The number of nitrogens with two attached hydrogens (primary N) is 1. The van der Waals surface area contributed by atoms with Gasteiger partial charge < -0.3 is 11.1 Å². The number of anilines is 1. The fraction of sp³-hybridized carbons (Fsp3) is 0.417. The molecule has 0 radical (unpaired) electrons. The number of nitrogens with zero attached hydrogens (tertiary/aromatic N) is 1. The predicted octanol–water partition coefficient (Wildman–Crippen LogP) is 1.98. The van der Waals surface area contributed by atoms with Crippen molar-refractivity contribution in [3.8, 4) is 0 Å². The topological polar surface area (TPSA) is 50.9 Å². The zero-order valence-electron chi connectivity index (χ0n) is 9.62. The van der Waals surface area contributed by atoms with E-state index in [0.717, 1.165) is 17.5 Å². The average molecular weight is 205 g/mol. The van der Waals surface area contributed by atoms with Crippen LogP contribution in [0.25, 0.3) is 6.08 Å². The number of hydrogen-bond donors (Lipinski definition) is 2. The van der Waals surface area contributed by atoms with E-state index in [1.165, 1.54) is 0 Å². The van der Waals surface area contributed by atoms with Crippen LogP contribution in [0.5, 0.6) is 0 Å². The standard InChI is InChI=1S/C12H19N3/c1-9-7-11(8-15-12(9)13)6-4-5-10(2)14-3/h4,6-8,10,14H,5H2,1-3H3,(H2,13,15)/b6-4+. The third-order valence-electron chi connectivity index (χ3n) is 2.43. The van der Waals surface area contributed by atoms with Gasteiger partial charge in [0.05, 0.1) is 0 Å². The van der Waals surface area contributed by atoms with Gasteiger partial charge in [-0.2, -0.15) is 0 Å². The van der Waals surface area contributed by atoms with Gasteiger partial charge in [0.25, 0.3) is 0 Å². The van der Waals surface area contributed by atoms with Crippen LogP contribution in [0.1, 0.15) is 24.5 Å². The van der Waals surface area contributed by atoms with Crippen molar-refractivity contribution in [2.75, 3.05) is 12.8 Å². The van der Waals surface area contributed by atoms with Gasteiger partial charge in [-0.05, 0) is 44.5 Å². The molecule has 82 valence electrons. The molecule has 3 N–H and O–H groups in total. The molecule has 3 nitrogen and oxygen atoms in total. The highest BCUT2D eigenvalue weighted by atomic mass is 14.8. The minimum atomic E-state index is 0.504. The predicted molar refractivity (Wildman–Crippen MR) is 65.6 cm³/mol. The largest absolute Gasteiger partial charge is 0.383 e. The van der Waals surface area contributed by atoms with Crippen LogP contribution >= 0.6 is 0 Å². The van der Waals surface area contributed by atoms with Gasteiger partial charge in [-0.3, -0.25) is 0 Å². The van der Waals surface area contributed by atoms with Crippen molar-refractivity contribution in [3.05, 3.63) is 29.5 Å². The molecule has 3 heteroatoms. The highest BCUT2D eigenvalue weighted by Crippen LogP contribution is 2.10. The van der Waals surface area contributed by atoms with Gasteiger partial charge in [0, 0.05) is 12.2 Å². The molecule has 0 spiro atoms. The molecule has 0 aliphatic heterocycles. The highest BCUT2D eigenvalue weighted by molar-refractivity contribution is 5.52. The Balaban J connectivity index is 2.61. The first-order valence-corrected chi connectivity index (χ1v) is 5.19. The summed E-state index contributed by atoms with van der Waals surface area (Å²) in [5.41, 5.74) is 7.77. The molecule has 0 bridgehead atoms. The van der Waals surface area contributed by atoms with Crippen molar-refractivity contribution in [2.24, 2.45) is 0 Å². The Kier molecular flexibility index (Phi) is 4.31. The van der Waals surface area contributed by atoms with Crippen molar-refractivity contribution in [2.45, 2.75) is 26.3 Å². The Morgan fingerprint density at radius 3 is 2.93 bits per heavy atom. The Hall–Kier alpha value is -1.35. The molecule has 0 saturated carbocycles. The van der Waals surface area contributed by atoms with E-state index in [1.54, 1.807) is 6.20 Å². The maximum absolute atomic E-state index is 5.64. The van der Waals surface area contributed by atoms with Gasteiger partial charge in [0.2, 0.25) is 0 Å². The van der Waals surface area contributed by atoms with E-state index in [-0.39, 0.29) is 0 Å². The number of pyridine rings is 1. The zero-order valence-corrected chi connectivity index (χ0v) is 9.62. The third kappa shape index (κ3) is 3.72. The Labute approximate surface area is 91.4 Å². The van der Waals surface area contributed by atoms with Gasteiger partial charge in [-0.15, -0.1) is 0 Å². The SMILES string of the molecule is CNC(C)C/C=C/c1cnc(N)c(C)c1. The minimum Gasteiger partial charge on any atom is -0.383 e. The molecule has 0 aromatic carbocycles. The second-order valence-corrected chi connectivity index (χ2v) is 3.80. The number of aryl methyl sites for hydroxylation is 1. The third-order valence-corrected chi connectivity index (χ3v) is 2.43. The van der Waals surface area contributed by atoms with E-state index in [1.807, 2.05) is 20.0 Å². The Morgan fingerprint density at radius 1 is 1.60 bits per heavy atom. The molecule has 1 heterocycles. The first-order chi connectivity index (χ1) is 7.13. The molecule has 1 aromatic rings. The highest BCUT2D eigenvalue weighted by Gasteiger charge is 1.96. The summed E-state index contributed by atoms with van der Waals surface area (Å²) in [7, 11) is 1.97. The number of rotatable bonds is 4. The maximum Gasteiger partial charge on any atom is 0.126 e. The molecule has 0 saturated heterocycles. The van der Waals surface area contributed by atoms with Crippen molar-refractivity contribution in [1.29, 1.82) is 0 Å². The lowest BCUT2D eigenvalue weighted by Crippen LogP contribution is -2.19. The van der Waals surface area contributed by atoms with Crippen LogP contribution in [0, 0.1) is 6.92 Å². The quantitative estimate of drug-likeness (QED) is 0.790. The van der Waals surface area contributed by atoms with E-state index in [4.69, 9.17) is 5.73 Å². The van der Waals surface area contributed by atoms with E-state index in [0.29, 0.717) is 11.9 Å². The molecule has 0 aliphatic carbocycles. The van der Waals surface area contributed by atoms with Gasteiger partial charge in [-0.25, -0.2) is 4.98 Å². The summed E-state index contributed by atoms with van der Waals surface area (Å²) in [6, 6.07) is 2.55. The molecular formula is C12H19N3. The summed E-state index contributed by atoms with van der Waals surface area (Å²) < 4.78 is 0. The summed E-state index contributed by atoms with van der Waals surface area (Å²) in [6.07, 6.45) is 7.03. The summed E-state index contributed by atoms with van der Waals surface area (Å²) in [4.78, 5) is 4.11. The molecule has 0 amide bonds. The number of aromatic nitrogens is 1. The van der Waals surface area contributed by atoms with Crippen LogP contribution in [0.2, 0.25) is 0 Å². The van der Waals surface area contributed by atoms with E-state index < -0.39 is 0 Å². The maximum atomic E-state index is 5.64. The normalized spacial score (nSPS) is 13.3. The second kappa shape index (κ2) is 5.51. The summed E-state index contributed by atoms with van der Waals surface area (Å²) in [5.74, 6) is 0.607. The van der Waals surface area contributed by atoms with Crippen molar-refractivity contribution in [1.82, 2.24) is 10.3 Å². The van der Waals surface area contributed by atoms with E-state index in [2.05, 4.69) is 29.4 Å². The number of nitrogen functional groups attached to an aromatic ring is 1. The van der Waals surface area contributed by atoms with Crippen molar-refractivity contribution in [3.63, 3.8) is 0 Å². The molecule has 1 unspecified atom stereocenters. The number of hydrogen-bond acceptors (Lipinski definition) is 3. The molecule has 0 fully saturated rings. The smallest absolute Gasteiger partial charge is 0.126 e. The van der Waals surface area contributed by atoms with Crippen LogP contribution in [0.4, 0.5) is 5.82 Å². The van der Waals surface area contributed by atoms with Gasteiger partial charge in [0.15, 0.2) is 0 Å². The summed E-state index contributed by atoms with van der Waals surface area (Å²) in [5, 5.41) is 3.18. The molecule has 1 rings (SSSR count). The van der Waals surface area contributed by atoms with Crippen molar-refractivity contribution < 1.29 is 0 Å².